The molecule has 4 rings (SSSR count). The van der Waals surface area contributed by atoms with E-state index in [1.54, 1.807) is 6.07 Å². The average Bonchev–Trinajstić information content (AvgIpc) is 3.23. The zero-order valence-corrected chi connectivity index (χ0v) is 15.6. The number of aromatic nitrogens is 2. The molecule has 28 heavy (non-hydrogen) atoms. The Morgan fingerprint density at radius 2 is 1.86 bits per heavy atom. The van der Waals surface area contributed by atoms with Gasteiger partial charge < -0.3 is 15.0 Å². The van der Waals surface area contributed by atoms with Crippen molar-refractivity contribution in [1.29, 1.82) is 0 Å². The van der Waals surface area contributed by atoms with Crippen molar-refractivity contribution in [2.45, 2.75) is 13.1 Å². The Bertz CT molecular complexity index is 1100. The maximum atomic E-state index is 11.6. The number of pyridine rings is 1. The highest BCUT2D eigenvalue weighted by Crippen LogP contribution is 2.27. The molecule has 0 radical (unpaired) electrons. The van der Waals surface area contributed by atoms with Gasteiger partial charge in [0.05, 0.1) is 12.7 Å². The number of benzene rings is 2. The van der Waals surface area contributed by atoms with Gasteiger partial charge in [0, 0.05) is 30.9 Å². The summed E-state index contributed by atoms with van der Waals surface area (Å²) in [5.41, 5.74) is 6.06. The molecule has 2 N–H and O–H groups in total. The Hall–Kier alpha value is -3.44. The van der Waals surface area contributed by atoms with E-state index in [4.69, 9.17) is 4.74 Å². The molecule has 4 aromatic rings. The molecule has 2 aromatic heterocycles. The largest absolute Gasteiger partial charge is 0.465 e. The summed E-state index contributed by atoms with van der Waals surface area (Å²) >= 11 is 0. The van der Waals surface area contributed by atoms with E-state index >= 15 is 0 Å². The number of carbonyl (C=O) groups is 1. The van der Waals surface area contributed by atoms with Gasteiger partial charge in [-0.05, 0) is 46.5 Å². The van der Waals surface area contributed by atoms with Gasteiger partial charge in [0.15, 0.2) is 0 Å². The first-order valence-electron chi connectivity index (χ1n) is 9.14. The van der Waals surface area contributed by atoms with Gasteiger partial charge in [-0.2, -0.15) is 0 Å². The number of fused-ring (bicyclic) bond motifs is 1. The number of carbonyl (C=O) groups excluding carboxylic acids is 1. The van der Waals surface area contributed by atoms with Crippen molar-refractivity contribution in [2.75, 3.05) is 7.11 Å². The summed E-state index contributed by atoms with van der Waals surface area (Å²) in [5, 5.41) is 4.54. The number of ether oxygens (including phenoxy) is 1. The van der Waals surface area contributed by atoms with Crippen LogP contribution in [-0.4, -0.2) is 23.0 Å². The second-order valence-corrected chi connectivity index (χ2v) is 6.59. The molecular weight excluding hydrogens is 350 g/mol. The van der Waals surface area contributed by atoms with E-state index < -0.39 is 0 Å². The van der Waals surface area contributed by atoms with Crippen LogP contribution in [0.2, 0.25) is 0 Å². The molecule has 2 heterocycles. The van der Waals surface area contributed by atoms with Crippen molar-refractivity contribution in [2.24, 2.45) is 0 Å². The number of hydrogen-bond donors (Lipinski definition) is 2. The van der Waals surface area contributed by atoms with Crippen molar-refractivity contribution in [1.82, 2.24) is 15.3 Å². The molecule has 0 spiro atoms. The van der Waals surface area contributed by atoms with Crippen molar-refractivity contribution in [3.8, 4) is 11.1 Å². The fraction of sp³-hybridized carbons (Fsp3) is 0.130. The third-order valence-electron chi connectivity index (χ3n) is 4.73. The van der Waals surface area contributed by atoms with Gasteiger partial charge in [-0.25, -0.2) is 9.78 Å². The van der Waals surface area contributed by atoms with E-state index in [0.29, 0.717) is 12.1 Å². The Kier molecular flexibility index (Phi) is 5.17. The van der Waals surface area contributed by atoms with Gasteiger partial charge in [-0.1, -0.05) is 36.4 Å². The minimum absolute atomic E-state index is 0.315. The highest BCUT2D eigenvalue weighted by Gasteiger charge is 2.07. The van der Waals surface area contributed by atoms with E-state index in [1.165, 1.54) is 23.8 Å². The molecule has 5 nitrogen and oxygen atoms in total. The fourth-order valence-corrected chi connectivity index (χ4v) is 3.29. The molecular formula is C23H21N3O2. The molecule has 0 aliphatic carbocycles. The summed E-state index contributed by atoms with van der Waals surface area (Å²) in [6.45, 7) is 1.43. The Balaban J connectivity index is 1.40. The Labute approximate surface area is 163 Å². The first-order valence-corrected chi connectivity index (χ1v) is 9.14. The predicted molar refractivity (Wildman–Crippen MR) is 110 cm³/mol. The van der Waals surface area contributed by atoms with E-state index in [9.17, 15) is 4.79 Å². The standard InChI is InChI=1S/C23H21N3O2/c1-28-23(27)19-4-2-3-17(13-19)15-24-14-16-5-7-18(8-6-16)20-9-11-25-22-21(20)10-12-26-22/h2-13,24H,14-15H2,1H3,(H,25,26). The van der Waals surface area contributed by atoms with Crippen LogP contribution in [-0.2, 0) is 17.8 Å². The van der Waals surface area contributed by atoms with Crippen LogP contribution in [0.15, 0.2) is 73.1 Å². The molecule has 0 aliphatic heterocycles. The molecule has 0 atom stereocenters. The van der Waals surface area contributed by atoms with Crippen molar-refractivity contribution in [3.05, 3.63) is 89.7 Å². The number of nitrogens with one attached hydrogen (secondary N) is 2. The summed E-state index contributed by atoms with van der Waals surface area (Å²) < 4.78 is 4.77. The normalized spacial score (nSPS) is 10.9. The smallest absolute Gasteiger partial charge is 0.337 e. The number of nitrogens with zero attached hydrogens (tertiary/aromatic N) is 1. The van der Waals surface area contributed by atoms with Crippen molar-refractivity contribution < 1.29 is 9.53 Å². The van der Waals surface area contributed by atoms with Crippen LogP contribution >= 0.6 is 0 Å². The van der Waals surface area contributed by atoms with Gasteiger partial charge in [0.25, 0.3) is 0 Å². The lowest BCUT2D eigenvalue weighted by molar-refractivity contribution is 0.0600. The minimum atomic E-state index is -0.315. The molecule has 2 aromatic carbocycles. The number of H-pyrrole nitrogens is 1. The average molecular weight is 371 g/mol. The number of hydrogen-bond acceptors (Lipinski definition) is 4. The van der Waals surface area contributed by atoms with E-state index in [1.807, 2.05) is 36.7 Å². The zero-order chi connectivity index (χ0) is 19.3. The number of methoxy groups -OCH3 is 1. The lowest BCUT2D eigenvalue weighted by atomic mass is 10.0. The van der Waals surface area contributed by atoms with Crippen LogP contribution < -0.4 is 5.32 Å². The SMILES string of the molecule is COC(=O)c1cccc(CNCc2ccc(-c3ccnc4[nH]ccc34)cc2)c1. The van der Waals surface area contributed by atoms with Crippen LogP contribution in [0.3, 0.4) is 0 Å². The topological polar surface area (TPSA) is 67.0 Å². The number of aromatic amines is 1. The number of esters is 1. The van der Waals surface area contributed by atoms with Gasteiger partial charge in [0.2, 0.25) is 0 Å². The molecule has 0 bridgehead atoms. The van der Waals surface area contributed by atoms with Crippen LogP contribution in [0.4, 0.5) is 0 Å². The highest BCUT2D eigenvalue weighted by atomic mass is 16.5. The maximum Gasteiger partial charge on any atom is 0.337 e. The molecule has 0 amide bonds. The first kappa shape index (κ1) is 17.9. The van der Waals surface area contributed by atoms with Crippen LogP contribution in [0.1, 0.15) is 21.5 Å². The molecule has 5 heteroatoms. The monoisotopic (exact) mass is 371 g/mol. The minimum Gasteiger partial charge on any atom is -0.465 e. The van der Waals surface area contributed by atoms with E-state index in [-0.39, 0.29) is 5.97 Å². The van der Waals surface area contributed by atoms with Gasteiger partial charge in [-0.15, -0.1) is 0 Å². The lowest BCUT2D eigenvalue weighted by Crippen LogP contribution is -2.13. The summed E-state index contributed by atoms with van der Waals surface area (Å²) in [6.07, 6.45) is 3.74. The quantitative estimate of drug-likeness (QED) is 0.496. The lowest BCUT2D eigenvalue weighted by Gasteiger charge is -2.08. The van der Waals surface area contributed by atoms with E-state index in [2.05, 4.69) is 45.6 Å². The molecule has 0 saturated heterocycles. The first-order chi connectivity index (χ1) is 13.7. The number of rotatable bonds is 6. The van der Waals surface area contributed by atoms with Crippen LogP contribution in [0, 0.1) is 0 Å². The second kappa shape index (κ2) is 8.06. The Morgan fingerprint density at radius 1 is 1.04 bits per heavy atom. The third kappa shape index (κ3) is 3.80. The highest BCUT2D eigenvalue weighted by molar-refractivity contribution is 5.92. The fourth-order valence-electron chi connectivity index (χ4n) is 3.29. The van der Waals surface area contributed by atoms with Crippen LogP contribution in [0.25, 0.3) is 22.2 Å². The summed E-state index contributed by atoms with van der Waals surface area (Å²) in [4.78, 5) is 19.1. The Morgan fingerprint density at radius 3 is 2.68 bits per heavy atom. The molecule has 0 aliphatic rings. The summed E-state index contributed by atoms with van der Waals surface area (Å²) in [6, 6.07) is 20.1. The molecule has 0 saturated carbocycles. The van der Waals surface area contributed by atoms with Crippen LogP contribution in [0.5, 0.6) is 0 Å². The molecule has 0 fully saturated rings. The summed E-state index contributed by atoms with van der Waals surface area (Å²) in [7, 11) is 1.39. The van der Waals surface area contributed by atoms with Crippen molar-refractivity contribution >= 4 is 17.0 Å². The molecule has 0 unspecified atom stereocenters. The van der Waals surface area contributed by atoms with Gasteiger partial charge >= 0.3 is 5.97 Å². The van der Waals surface area contributed by atoms with Gasteiger partial charge in [-0.3, -0.25) is 0 Å². The summed E-state index contributed by atoms with van der Waals surface area (Å²) in [5.74, 6) is -0.315. The third-order valence-corrected chi connectivity index (χ3v) is 4.73. The van der Waals surface area contributed by atoms with Gasteiger partial charge in [0.1, 0.15) is 5.65 Å². The molecule has 140 valence electrons. The van der Waals surface area contributed by atoms with Crippen molar-refractivity contribution in [3.63, 3.8) is 0 Å². The zero-order valence-electron chi connectivity index (χ0n) is 15.6. The second-order valence-electron chi connectivity index (χ2n) is 6.59. The maximum absolute atomic E-state index is 11.6. The predicted octanol–water partition coefficient (Wildman–Crippen LogP) is 4.31. The van der Waals surface area contributed by atoms with E-state index in [0.717, 1.165) is 23.1 Å².